The first-order valence-corrected chi connectivity index (χ1v) is 8.18. The summed E-state index contributed by atoms with van der Waals surface area (Å²) in [4.78, 5) is 13.0. The lowest BCUT2D eigenvalue weighted by Gasteiger charge is -2.11. The molecule has 0 fully saturated rings. The van der Waals surface area contributed by atoms with Crippen LogP contribution >= 0.6 is 0 Å². The second-order valence-electron chi connectivity index (χ2n) is 5.99. The fourth-order valence-electron chi connectivity index (χ4n) is 3.20. The summed E-state index contributed by atoms with van der Waals surface area (Å²) >= 11 is 0. The van der Waals surface area contributed by atoms with Crippen molar-refractivity contribution in [2.75, 3.05) is 14.2 Å². The lowest BCUT2D eigenvalue weighted by molar-refractivity contribution is 0.103. The topological polar surface area (TPSA) is 89.1 Å². The van der Waals surface area contributed by atoms with Crippen LogP contribution in [0.2, 0.25) is 0 Å². The molecule has 0 unspecified atom stereocenters. The Balaban J connectivity index is 2.06. The maximum absolute atomic E-state index is 13.0. The highest BCUT2D eigenvalue weighted by Gasteiger charge is 2.26. The number of ether oxygens (including phenoxy) is 2. The predicted molar refractivity (Wildman–Crippen MR) is 100 cm³/mol. The molecule has 3 aromatic carbocycles. The first kappa shape index (κ1) is 16.8. The van der Waals surface area contributed by atoms with E-state index in [9.17, 15) is 15.0 Å². The van der Waals surface area contributed by atoms with Gasteiger partial charge in [0, 0.05) is 23.8 Å². The van der Waals surface area contributed by atoms with Gasteiger partial charge in [0.15, 0.2) is 0 Å². The Morgan fingerprint density at radius 2 is 1.63 bits per heavy atom. The number of benzene rings is 3. The lowest BCUT2D eigenvalue weighted by Crippen LogP contribution is -2.04. The number of rotatable bonds is 4. The highest BCUT2D eigenvalue weighted by molar-refractivity contribution is 6.20. The normalized spacial score (nSPS) is 11.0. The molecular formula is C21H16O6. The Kier molecular flexibility index (Phi) is 3.88. The van der Waals surface area contributed by atoms with E-state index in [0.717, 1.165) is 0 Å². The fraction of sp³-hybridized carbons (Fsp3) is 0.0952. The Morgan fingerprint density at radius 3 is 2.30 bits per heavy atom. The van der Waals surface area contributed by atoms with Crippen molar-refractivity contribution >= 4 is 27.7 Å². The number of furan rings is 1. The first-order chi connectivity index (χ1) is 13.0. The minimum Gasteiger partial charge on any atom is -0.507 e. The number of aromatic hydroxyl groups is 2. The minimum absolute atomic E-state index is 0.00844. The molecule has 2 N–H and O–H groups in total. The second kappa shape index (κ2) is 6.25. The first-order valence-electron chi connectivity index (χ1n) is 8.18. The Labute approximate surface area is 154 Å². The molecule has 1 heterocycles. The summed E-state index contributed by atoms with van der Waals surface area (Å²) in [7, 11) is 2.88. The summed E-state index contributed by atoms with van der Waals surface area (Å²) in [5, 5.41) is 21.9. The zero-order valence-electron chi connectivity index (χ0n) is 14.6. The van der Waals surface area contributed by atoms with Crippen LogP contribution in [0.25, 0.3) is 21.9 Å². The highest BCUT2D eigenvalue weighted by Crippen LogP contribution is 2.46. The maximum atomic E-state index is 13.0. The van der Waals surface area contributed by atoms with E-state index in [1.807, 2.05) is 0 Å². The molecule has 4 aromatic rings. The molecule has 0 saturated heterocycles. The third kappa shape index (κ3) is 2.54. The van der Waals surface area contributed by atoms with Crippen molar-refractivity contribution in [3.8, 4) is 23.0 Å². The minimum atomic E-state index is -0.394. The Morgan fingerprint density at radius 1 is 0.926 bits per heavy atom. The molecule has 0 radical (unpaired) electrons. The molecule has 0 aliphatic carbocycles. The molecular weight excluding hydrogens is 348 g/mol. The lowest BCUT2D eigenvalue weighted by atomic mass is 9.98. The van der Waals surface area contributed by atoms with Crippen LogP contribution in [0.3, 0.4) is 0 Å². The van der Waals surface area contributed by atoms with Crippen molar-refractivity contribution in [3.05, 3.63) is 59.7 Å². The highest BCUT2D eigenvalue weighted by atomic mass is 16.5. The third-order valence-corrected chi connectivity index (χ3v) is 4.47. The molecule has 0 aliphatic rings. The number of hydrogen-bond donors (Lipinski definition) is 2. The molecule has 6 nitrogen and oxygen atoms in total. The number of hydrogen-bond acceptors (Lipinski definition) is 6. The van der Waals surface area contributed by atoms with Gasteiger partial charge < -0.3 is 24.1 Å². The average molecular weight is 364 g/mol. The van der Waals surface area contributed by atoms with Crippen molar-refractivity contribution in [2.45, 2.75) is 0 Å². The maximum Gasteiger partial charge on any atom is 0.200 e. The SMILES string of the molecule is COc1cc(O)c2c(c1)oc1cc(OC)c(C(=O)c3ccccc3)c(O)c12. The van der Waals surface area contributed by atoms with Crippen LogP contribution in [-0.4, -0.2) is 30.2 Å². The predicted octanol–water partition coefficient (Wildman–Crippen LogP) is 4.25. The summed E-state index contributed by atoms with van der Waals surface area (Å²) in [5.74, 6) is -0.237. The zero-order valence-corrected chi connectivity index (χ0v) is 14.6. The average Bonchev–Trinajstić information content (AvgIpc) is 3.07. The number of carbonyl (C=O) groups is 1. The number of phenols is 2. The molecule has 1 aromatic heterocycles. The van der Waals surface area contributed by atoms with Crippen LogP contribution in [0.4, 0.5) is 0 Å². The van der Waals surface area contributed by atoms with Gasteiger partial charge in [-0.05, 0) is 0 Å². The number of fused-ring (bicyclic) bond motifs is 3. The van der Waals surface area contributed by atoms with E-state index < -0.39 is 5.78 Å². The van der Waals surface area contributed by atoms with E-state index in [1.54, 1.807) is 36.4 Å². The van der Waals surface area contributed by atoms with Gasteiger partial charge in [0.2, 0.25) is 5.78 Å². The van der Waals surface area contributed by atoms with E-state index in [1.165, 1.54) is 26.4 Å². The number of phenolic OH excluding ortho intramolecular Hbond substituents is 2. The molecule has 0 spiro atoms. The van der Waals surface area contributed by atoms with Gasteiger partial charge in [-0.2, -0.15) is 0 Å². The van der Waals surface area contributed by atoms with E-state index >= 15 is 0 Å². The van der Waals surface area contributed by atoms with Gasteiger partial charge in [-0.25, -0.2) is 0 Å². The Hall–Kier alpha value is -3.67. The molecule has 27 heavy (non-hydrogen) atoms. The molecule has 6 heteroatoms. The van der Waals surface area contributed by atoms with E-state index in [0.29, 0.717) is 22.3 Å². The molecule has 136 valence electrons. The number of carbonyl (C=O) groups excluding carboxylic acids is 1. The van der Waals surface area contributed by atoms with Crippen LogP contribution in [0, 0.1) is 0 Å². The molecule has 0 amide bonds. The van der Waals surface area contributed by atoms with E-state index in [4.69, 9.17) is 13.9 Å². The van der Waals surface area contributed by atoms with Crippen LogP contribution in [0.15, 0.2) is 52.9 Å². The van der Waals surface area contributed by atoms with Crippen molar-refractivity contribution in [1.82, 2.24) is 0 Å². The van der Waals surface area contributed by atoms with Crippen LogP contribution < -0.4 is 9.47 Å². The molecule has 0 saturated carbocycles. The van der Waals surface area contributed by atoms with Crippen molar-refractivity contribution < 1.29 is 28.9 Å². The summed E-state index contributed by atoms with van der Waals surface area (Å²) < 4.78 is 16.2. The summed E-state index contributed by atoms with van der Waals surface area (Å²) in [6, 6.07) is 13.1. The smallest absolute Gasteiger partial charge is 0.200 e. The van der Waals surface area contributed by atoms with Gasteiger partial charge in [-0.15, -0.1) is 0 Å². The van der Waals surface area contributed by atoms with E-state index in [-0.39, 0.29) is 33.8 Å². The third-order valence-electron chi connectivity index (χ3n) is 4.47. The van der Waals surface area contributed by atoms with Gasteiger partial charge in [0.1, 0.15) is 39.7 Å². The van der Waals surface area contributed by atoms with Gasteiger partial charge in [0.25, 0.3) is 0 Å². The fourth-order valence-corrected chi connectivity index (χ4v) is 3.20. The summed E-state index contributed by atoms with van der Waals surface area (Å²) in [6.45, 7) is 0. The standard InChI is InChI=1S/C21H16O6/c1-25-12-8-13(22)17-15(9-12)27-16-10-14(26-2)19(21(24)18(16)17)20(23)11-6-4-3-5-7-11/h3-10,22,24H,1-2H3. The van der Waals surface area contributed by atoms with Crippen LogP contribution in [-0.2, 0) is 0 Å². The molecule has 0 aliphatic heterocycles. The number of methoxy groups -OCH3 is 2. The second-order valence-corrected chi connectivity index (χ2v) is 5.99. The zero-order chi connectivity index (χ0) is 19.1. The quantitative estimate of drug-likeness (QED) is 0.526. The van der Waals surface area contributed by atoms with Gasteiger partial charge in [0.05, 0.1) is 25.0 Å². The molecule has 4 rings (SSSR count). The monoisotopic (exact) mass is 364 g/mol. The molecule has 0 bridgehead atoms. The van der Waals surface area contributed by atoms with Gasteiger partial charge >= 0.3 is 0 Å². The van der Waals surface area contributed by atoms with Crippen molar-refractivity contribution in [3.63, 3.8) is 0 Å². The van der Waals surface area contributed by atoms with Crippen molar-refractivity contribution in [1.29, 1.82) is 0 Å². The van der Waals surface area contributed by atoms with E-state index in [2.05, 4.69) is 0 Å². The summed E-state index contributed by atoms with van der Waals surface area (Å²) in [6.07, 6.45) is 0. The largest absolute Gasteiger partial charge is 0.507 e. The number of ketones is 1. The van der Waals surface area contributed by atoms with Gasteiger partial charge in [-0.3, -0.25) is 4.79 Å². The Bertz CT molecular complexity index is 1170. The van der Waals surface area contributed by atoms with Gasteiger partial charge in [-0.1, -0.05) is 30.3 Å². The molecule has 0 atom stereocenters. The summed E-state index contributed by atoms with van der Waals surface area (Å²) in [5.41, 5.74) is 1.02. The van der Waals surface area contributed by atoms with Crippen LogP contribution in [0.1, 0.15) is 15.9 Å². The van der Waals surface area contributed by atoms with Crippen molar-refractivity contribution in [2.24, 2.45) is 0 Å². The van der Waals surface area contributed by atoms with Crippen LogP contribution in [0.5, 0.6) is 23.0 Å².